The Morgan fingerprint density at radius 1 is 1.13 bits per heavy atom. The first kappa shape index (κ1) is 21.0. The highest BCUT2D eigenvalue weighted by atomic mass is 32.2. The van der Waals surface area contributed by atoms with E-state index < -0.39 is 0 Å². The zero-order valence-corrected chi connectivity index (χ0v) is 17.9. The predicted molar refractivity (Wildman–Crippen MR) is 120 cm³/mol. The number of aromatic nitrogens is 2. The lowest BCUT2D eigenvalue weighted by Crippen LogP contribution is -2.28. The molecular formula is C23H23N3O4S. The lowest BCUT2D eigenvalue weighted by Gasteiger charge is -2.16. The van der Waals surface area contributed by atoms with Crippen LogP contribution in [-0.4, -0.2) is 34.8 Å². The summed E-state index contributed by atoms with van der Waals surface area (Å²) in [6.07, 6.45) is 0.842. The molecule has 1 amide bonds. The number of amides is 1. The fourth-order valence-corrected chi connectivity index (χ4v) is 3.90. The fraction of sp³-hybridized carbons (Fsp3) is 0.261. The number of rotatable bonds is 6. The molecule has 1 aliphatic heterocycles. The minimum absolute atomic E-state index is 0.135. The number of carbonyl (C=O) groups excluding carboxylic acids is 1. The van der Waals surface area contributed by atoms with Crippen molar-refractivity contribution in [2.75, 3.05) is 19.0 Å². The van der Waals surface area contributed by atoms with Crippen LogP contribution in [0, 0.1) is 0 Å². The van der Waals surface area contributed by atoms with Crippen molar-refractivity contribution in [3.63, 3.8) is 0 Å². The summed E-state index contributed by atoms with van der Waals surface area (Å²) < 4.78 is 11.4. The van der Waals surface area contributed by atoms with Gasteiger partial charge in [0.1, 0.15) is 0 Å². The molecular weight excluding hydrogens is 414 g/mol. The van der Waals surface area contributed by atoms with Gasteiger partial charge in [0.15, 0.2) is 16.7 Å². The Kier molecular flexibility index (Phi) is 6.57. The Labute approximate surface area is 184 Å². The number of benzene rings is 2. The molecule has 4 rings (SSSR count). The molecule has 0 radical (unpaired) electrons. The van der Waals surface area contributed by atoms with Crippen molar-refractivity contribution < 1.29 is 14.3 Å². The van der Waals surface area contributed by atoms with Crippen molar-refractivity contribution in [3.05, 3.63) is 70.5 Å². The molecule has 0 spiro atoms. The normalized spacial score (nSPS) is 13.8. The number of carbonyl (C=O) groups is 1. The third kappa shape index (κ3) is 5.46. The maximum atomic E-state index is 12.5. The topological polar surface area (TPSA) is 93.3 Å². The standard InChI is InChI=1S/C23H23N3O4S/c1-15(17-8-9-19-20(12-17)30-11-5-10-29-19)24-22(28)14-31-23-25-18(13-21(27)26-23)16-6-3-2-4-7-16/h2-4,6-9,12-13,15H,5,10-11,14H2,1H3,(H,24,28)(H,25,26,27). The Hall–Kier alpha value is -3.26. The third-order valence-electron chi connectivity index (χ3n) is 4.78. The number of aromatic amines is 1. The van der Waals surface area contributed by atoms with E-state index in [1.54, 1.807) is 0 Å². The van der Waals surface area contributed by atoms with E-state index in [0.29, 0.717) is 29.8 Å². The van der Waals surface area contributed by atoms with Crippen LogP contribution in [0.15, 0.2) is 64.5 Å². The highest BCUT2D eigenvalue weighted by molar-refractivity contribution is 7.99. The molecule has 1 atom stereocenters. The number of ether oxygens (including phenoxy) is 2. The highest BCUT2D eigenvalue weighted by Crippen LogP contribution is 2.32. The van der Waals surface area contributed by atoms with Crippen LogP contribution < -0.4 is 20.3 Å². The molecule has 1 aromatic heterocycles. The van der Waals surface area contributed by atoms with Crippen LogP contribution in [0.25, 0.3) is 11.3 Å². The summed E-state index contributed by atoms with van der Waals surface area (Å²) in [5.74, 6) is 1.40. The van der Waals surface area contributed by atoms with Crippen molar-refractivity contribution >= 4 is 17.7 Å². The van der Waals surface area contributed by atoms with E-state index in [1.165, 1.54) is 17.8 Å². The number of thioether (sulfide) groups is 1. The number of fused-ring (bicyclic) bond motifs is 1. The number of hydrogen-bond donors (Lipinski definition) is 2. The van der Waals surface area contributed by atoms with Gasteiger partial charge in [-0.3, -0.25) is 9.59 Å². The van der Waals surface area contributed by atoms with Crippen molar-refractivity contribution in [3.8, 4) is 22.8 Å². The SMILES string of the molecule is CC(NC(=O)CSc1nc(-c2ccccc2)cc(=O)[nH]1)c1ccc2c(c1)OCCCO2. The lowest BCUT2D eigenvalue weighted by atomic mass is 10.1. The van der Waals surface area contributed by atoms with Gasteiger partial charge in [-0.25, -0.2) is 4.98 Å². The molecule has 7 nitrogen and oxygen atoms in total. The Morgan fingerprint density at radius 3 is 2.71 bits per heavy atom. The van der Waals surface area contributed by atoms with Crippen LogP contribution in [0.1, 0.15) is 24.9 Å². The molecule has 8 heteroatoms. The van der Waals surface area contributed by atoms with E-state index in [-0.39, 0.29) is 23.3 Å². The highest BCUT2D eigenvalue weighted by Gasteiger charge is 2.16. The largest absolute Gasteiger partial charge is 0.490 e. The molecule has 31 heavy (non-hydrogen) atoms. The van der Waals surface area contributed by atoms with Crippen molar-refractivity contribution in [1.82, 2.24) is 15.3 Å². The molecule has 2 aromatic carbocycles. The summed E-state index contributed by atoms with van der Waals surface area (Å²) in [6, 6.07) is 16.4. The molecule has 160 valence electrons. The summed E-state index contributed by atoms with van der Waals surface area (Å²) in [5.41, 5.74) is 2.10. The van der Waals surface area contributed by atoms with E-state index in [0.717, 1.165) is 23.3 Å². The van der Waals surface area contributed by atoms with Crippen molar-refractivity contribution in [2.24, 2.45) is 0 Å². The van der Waals surface area contributed by atoms with Gasteiger partial charge in [0.2, 0.25) is 5.91 Å². The molecule has 0 saturated heterocycles. The van der Waals surface area contributed by atoms with E-state index >= 15 is 0 Å². The zero-order chi connectivity index (χ0) is 21.6. The second-order valence-electron chi connectivity index (χ2n) is 7.14. The maximum Gasteiger partial charge on any atom is 0.252 e. The fourth-order valence-electron chi connectivity index (χ4n) is 3.21. The predicted octanol–water partition coefficient (Wildman–Crippen LogP) is 3.57. The number of hydrogen-bond acceptors (Lipinski definition) is 6. The number of nitrogens with zero attached hydrogens (tertiary/aromatic N) is 1. The zero-order valence-electron chi connectivity index (χ0n) is 17.1. The maximum absolute atomic E-state index is 12.5. The molecule has 0 saturated carbocycles. The second-order valence-corrected chi connectivity index (χ2v) is 8.10. The van der Waals surface area contributed by atoms with Gasteiger partial charge in [-0.2, -0.15) is 0 Å². The van der Waals surface area contributed by atoms with E-state index in [2.05, 4.69) is 15.3 Å². The smallest absolute Gasteiger partial charge is 0.252 e. The van der Waals surface area contributed by atoms with Crippen molar-refractivity contribution in [1.29, 1.82) is 0 Å². The molecule has 2 N–H and O–H groups in total. The Balaban J connectivity index is 1.38. The van der Waals surface area contributed by atoms with Crippen LogP contribution in [-0.2, 0) is 4.79 Å². The molecule has 3 aromatic rings. The summed E-state index contributed by atoms with van der Waals surface area (Å²) in [6.45, 7) is 3.16. The van der Waals surface area contributed by atoms with Gasteiger partial charge in [-0.1, -0.05) is 48.2 Å². The van der Waals surface area contributed by atoms with Gasteiger partial charge in [-0.05, 0) is 24.6 Å². The minimum Gasteiger partial charge on any atom is -0.490 e. The van der Waals surface area contributed by atoms with Crippen molar-refractivity contribution in [2.45, 2.75) is 24.5 Å². The number of nitrogens with one attached hydrogen (secondary N) is 2. The van der Waals surface area contributed by atoms with E-state index in [1.807, 2.05) is 55.5 Å². The van der Waals surface area contributed by atoms with E-state index in [9.17, 15) is 9.59 Å². The van der Waals surface area contributed by atoms with Gasteiger partial charge in [-0.15, -0.1) is 0 Å². The molecule has 1 aliphatic rings. The summed E-state index contributed by atoms with van der Waals surface area (Å²) in [7, 11) is 0. The molecule has 0 fully saturated rings. The van der Waals surface area contributed by atoms with E-state index in [4.69, 9.17) is 9.47 Å². The first-order valence-electron chi connectivity index (χ1n) is 10.1. The van der Waals surface area contributed by atoms with Gasteiger partial charge < -0.3 is 19.8 Å². The first-order chi connectivity index (χ1) is 15.1. The van der Waals surface area contributed by atoms with Gasteiger partial charge >= 0.3 is 0 Å². The molecule has 0 bridgehead atoms. The minimum atomic E-state index is -0.252. The summed E-state index contributed by atoms with van der Waals surface area (Å²) >= 11 is 1.19. The summed E-state index contributed by atoms with van der Waals surface area (Å²) in [5, 5.41) is 3.38. The quantitative estimate of drug-likeness (QED) is 0.452. The average Bonchev–Trinajstić information content (AvgIpc) is 3.03. The van der Waals surface area contributed by atoms with Gasteiger partial charge in [0.05, 0.1) is 30.7 Å². The third-order valence-corrected chi connectivity index (χ3v) is 5.65. The molecule has 2 heterocycles. The van der Waals surface area contributed by atoms with Crippen LogP contribution in [0.3, 0.4) is 0 Å². The van der Waals surface area contributed by atoms with Crippen LogP contribution in [0.4, 0.5) is 0 Å². The average molecular weight is 438 g/mol. The Bertz CT molecular complexity index is 1120. The molecule has 0 aliphatic carbocycles. The monoisotopic (exact) mass is 437 g/mol. The second kappa shape index (κ2) is 9.70. The molecule has 1 unspecified atom stereocenters. The van der Waals surface area contributed by atoms with Crippen LogP contribution >= 0.6 is 11.8 Å². The van der Waals surface area contributed by atoms with Crippen LogP contribution in [0.2, 0.25) is 0 Å². The Morgan fingerprint density at radius 2 is 1.90 bits per heavy atom. The van der Waals surface area contributed by atoms with Gasteiger partial charge in [0, 0.05) is 18.1 Å². The number of H-pyrrole nitrogens is 1. The van der Waals surface area contributed by atoms with Crippen LogP contribution in [0.5, 0.6) is 11.5 Å². The first-order valence-corrected chi connectivity index (χ1v) is 11.1. The van der Waals surface area contributed by atoms with Gasteiger partial charge in [0.25, 0.3) is 5.56 Å². The lowest BCUT2D eigenvalue weighted by molar-refractivity contribution is -0.119. The summed E-state index contributed by atoms with van der Waals surface area (Å²) in [4.78, 5) is 31.6.